The summed E-state index contributed by atoms with van der Waals surface area (Å²) in [6.07, 6.45) is 9.53. The number of nitriles is 1. The molecule has 1 atom stereocenters. The van der Waals surface area contributed by atoms with Crippen LogP contribution in [0.15, 0.2) is 55.0 Å². The predicted octanol–water partition coefficient (Wildman–Crippen LogP) is 4.09. The fourth-order valence-corrected chi connectivity index (χ4v) is 9.38. The van der Waals surface area contributed by atoms with Crippen molar-refractivity contribution in [1.82, 2.24) is 40.0 Å². The van der Waals surface area contributed by atoms with Gasteiger partial charge in [-0.1, -0.05) is 17.4 Å². The van der Waals surface area contributed by atoms with Gasteiger partial charge >= 0.3 is 0 Å². The van der Waals surface area contributed by atoms with Gasteiger partial charge in [0.1, 0.15) is 11.9 Å². The molecule has 0 radical (unpaired) electrons. The van der Waals surface area contributed by atoms with Crippen LogP contribution in [0, 0.1) is 22.7 Å². The molecule has 16 heteroatoms. The lowest BCUT2D eigenvalue weighted by Crippen LogP contribution is -2.61. The van der Waals surface area contributed by atoms with E-state index in [4.69, 9.17) is 4.98 Å². The van der Waals surface area contributed by atoms with Crippen molar-refractivity contribution >= 4 is 51.2 Å². The summed E-state index contributed by atoms with van der Waals surface area (Å²) in [6.45, 7) is 4.92. The number of carbonyl (C=O) groups is 3. The van der Waals surface area contributed by atoms with E-state index in [1.807, 2.05) is 43.6 Å². The first-order valence-corrected chi connectivity index (χ1v) is 19.6. The highest BCUT2D eigenvalue weighted by Gasteiger charge is 2.47. The Kier molecular flexibility index (Phi) is 8.88. The van der Waals surface area contributed by atoms with E-state index in [1.165, 1.54) is 0 Å². The van der Waals surface area contributed by atoms with Crippen LogP contribution >= 0.6 is 11.3 Å². The maximum Gasteiger partial charge on any atom is 0.234 e. The van der Waals surface area contributed by atoms with Gasteiger partial charge in [0, 0.05) is 82.2 Å². The quantitative estimate of drug-likeness (QED) is 0.228. The summed E-state index contributed by atoms with van der Waals surface area (Å²) in [7, 11) is 1.88. The predicted molar refractivity (Wildman–Crippen MR) is 206 cm³/mol. The number of nitrogens with one attached hydrogen (secondary N) is 2. The van der Waals surface area contributed by atoms with Crippen LogP contribution in [0.2, 0.25) is 0 Å². The molecule has 4 fully saturated rings. The first-order chi connectivity index (χ1) is 26.8. The van der Waals surface area contributed by atoms with E-state index in [1.54, 1.807) is 34.3 Å². The highest BCUT2D eigenvalue weighted by Crippen LogP contribution is 2.45. The fraction of sp³-hybridized carbons (Fsp3) is 0.410. The van der Waals surface area contributed by atoms with Crippen molar-refractivity contribution < 1.29 is 14.4 Å². The average molecular weight is 757 g/mol. The van der Waals surface area contributed by atoms with Gasteiger partial charge in [0.2, 0.25) is 22.9 Å². The minimum atomic E-state index is -0.343. The number of likely N-dealkylation sites (tertiary alicyclic amines) is 1. The molecule has 4 aliphatic rings. The van der Waals surface area contributed by atoms with Crippen molar-refractivity contribution in [3.63, 3.8) is 0 Å². The van der Waals surface area contributed by atoms with Crippen molar-refractivity contribution in [1.29, 1.82) is 5.26 Å². The van der Waals surface area contributed by atoms with Gasteiger partial charge in [-0.05, 0) is 68.0 Å². The highest BCUT2D eigenvalue weighted by atomic mass is 32.1. The number of imide groups is 1. The van der Waals surface area contributed by atoms with Crippen molar-refractivity contribution in [3.05, 3.63) is 66.1 Å². The molecular weight excluding hydrogens is 717 g/mol. The van der Waals surface area contributed by atoms with Crippen LogP contribution in [0.4, 0.5) is 16.6 Å². The number of anilines is 3. The first kappa shape index (κ1) is 34.8. The second-order valence-corrected chi connectivity index (χ2v) is 16.0. The standard InChI is InChI=1S/C39H40N12O3S/c1-41-30-17-31(32-5-3-27-16-24(18-40)19-44-51(27)32)42-21-29(30)36-46-47-38(55-36)50-22-39(23-50)10-14-49(15-11-39)37(54)25-8-12-48(13-9-25)33-6-2-26(20-43-33)28-4-7-34(52)45-35(28)53/h2-3,5-6,16-17,19-21,25,28H,4,7-15,22-23H2,1H3,(H,41,42)(H,45,52,53)/t28-/m1/s1. The van der Waals surface area contributed by atoms with E-state index in [0.29, 0.717) is 18.4 Å². The number of rotatable bonds is 7. The maximum absolute atomic E-state index is 13.6. The maximum atomic E-state index is 13.6. The monoisotopic (exact) mass is 756 g/mol. The van der Waals surface area contributed by atoms with Crippen LogP contribution in [-0.4, -0.2) is 98.7 Å². The summed E-state index contributed by atoms with van der Waals surface area (Å²) < 4.78 is 1.78. The van der Waals surface area contributed by atoms with Crippen molar-refractivity contribution in [2.45, 2.75) is 44.4 Å². The molecule has 3 amide bonds. The van der Waals surface area contributed by atoms with Gasteiger partial charge < -0.3 is 20.0 Å². The van der Waals surface area contributed by atoms with Gasteiger partial charge in [-0.2, -0.15) is 10.4 Å². The summed E-state index contributed by atoms with van der Waals surface area (Å²) in [5, 5.41) is 30.2. The normalized spacial score (nSPS) is 20.0. The highest BCUT2D eigenvalue weighted by molar-refractivity contribution is 7.18. The third kappa shape index (κ3) is 6.52. The van der Waals surface area contributed by atoms with Crippen molar-refractivity contribution in [2.24, 2.45) is 11.3 Å². The van der Waals surface area contributed by atoms with Crippen LogP contribution < -0.4 is 20.4 Å². The van der Waals surface area contributed by atoms with E-state index in [-0.39, 0.29) is 35.0 Å². The van der Waals surface area contributed by atoms with Crippen molar-refractivity contribution in [3.8, 4) is 28.0 Å². The lowest BCUT2D eigenvalue weighted by Gasteiger charge is -2.54. The lowest BCUT2D eigenvalue weighted by atomic mass is 9.72. The molecule has 9 heterocycles. The van der Waals surface area contributed by atoms with E-state index >= 15 is 0 Å². The molecule has 4 aliphatic heterocycles. The topological polar surface area (TPSA) is 178 Å². The summed E-state index contributed by atoms with van der Waals surface area (Å²) in [5.74, 6) is 0.332. The number of hydrogen-bond donors (Lipinski definition) is 2. The van der Waals surface area contributed by atoms with E-state index in [0.717, 1.165) is 115 Å². The van der Waals surface area contributed by atoms with E-state index < -0.39 is 0 Å². The molecule has 55 heavy (non-hydrogen) atoms. The van der Waals surface area contributed by atoms with Gasteiger partial charge in [-0.25, -0.2) is 9.50 Å². The number of fused-ring (bicyclic) bond motifs is 1. The Labute approximate surface area is 321 Å². The molecule has 9 rings (SSSR count). The van der Waals surface area contributed by atoms with Crippen LogP contribution in [0.3, 0.4) is 0 Å². The number of piperidine rings is 3. The molecule has 0 bridgehead atoms. The zero-order valence-electron chi connectivity index (χ0n) is 30.4. The fourth-order valence-electron chi connectivity index (χ4n) is 8.51. The van der Waals surface area contributed by atoms with Crippen LogP contribution in [0.25, 0.3) is 27.5 Å². The van der Waals surface area contributed by atoms with Crippen LogP contribution in [-0.2, 0) is 14.4 Å². The third-order valence-electron chi connectivity index (χ3n) is 11.7. The second-order valence-electron chi connectivity index (χ2n) is 15.1. The van der Waals surface area contributed by atoms with Crippen LogP contribution in [0.5, 0.6) is 0 Å². The molecule has 0 unspecified atom stereocenters. The summed E-state index contributed by atoms with van der Waals surface area (Å²) >= 11 is 1.56. The Morgan fingerprint density at radius 3 is 2.51 bits per heavy atom. The Morgan fingerprint density at radius 1 is 0.964 bits per heavy atom. The van der Waals surface area contributed by atoms with E-state index in [2.05, 4.69) is 51.7 Å². The molecule has 5 aromatic rings. The first-order valence-electron chi connectivity index (χ1n) is 18.8. The van der Waals surface area contributed by atoms with Crippen molar-refractivity contribution in [2.75, 3.05) is 61.4 Å². The minimum Gasteiger partial charge on any atom is -0.387 e. The average Bonchev–Trinajstić information content (AvgIpc) is 3.87. The molecule has 15 nitrogen and oxygen atoms in total. The van der Waals surface area contributed by atoms with Gasteiger partial charge in [0.25, 0.3) is 0 Å². The zero-order chi connectivity index (χ0) is 37.7. The molecule has 2 N–H and O–H groups in total. The molecule has 4 saturated heterocycles. The number of amides is 3. The molecule has 5 aromatic heterocycles. The second kappa shape index (κ2) is 14.0. The molecule has 280 valence electrons. The Balaban J connectivity index is 0.765. The van der Waals surface area contributed by atoms with Crippen LogP contribution in [0.1, 0.15) is 55.6 Å². The summed E-state index contributed by atoms with van der Waals surface area (Å²) in [6, 6.07) is 13.7. The van der Waals surface area contributed by atoms with Gasteiger partial charge in [-0.15, -0.1) is 10.2 Å². The van der Waals surface area contributed by atoms with Gasteiger partial charge in [0.05, 0.1) is 40.1 Å². The lowest BCUT2D eigenvalue weighted by molar-refractivity contribution is -0.139. The largest absolute Gasteiger partial charge is 0.387 e. The van der Waals surface area contributed by atoms with E-state index in [9.17, 15) is 19.6 Å². The molecule has 0 aliphatic carbocycles. The number of carbonyl (C=O) groups excluding carboxylic acids is 3. The smallest absolute Gasteiger partial charge is 0.234 e. The Hall–Kier alpha value is -5.95. The minimum absolute atomic E-state index is 0.0221. The zero-order valence-corrected chi connectivity index (χ0v) is 31.3. The van der Waals surface area contributed by atoms with Gasteiger partial charge in [-0.3, -0.25) is 24.7 Å². The number of aromatic nitrogens is 6. The van der Waals surface area contributed by atoms with Gasteiger partial charge in [0.15, 0.2) is 5.01 Å². The number of pyridine rings is 2. The molecule has 0 saturated carbocycles. The third-order valence-corrected chi connectivity index (χ3v) is 12.8. The molecule has 1 spiro atoms. The Bertz CT molecular complexity index is 2330. The Morgan fingerprint density at radius 2 is 1.78 bits per heavy atom. The molecular formula is C39H40N12O3S. The summed E-state index contributed by atoms with van der Waals surface area (Å²) in [5.41, 5.74) is 5.70. The number of hydrogen-bond acceptors (Lipinski definition) is 13. The number of nitrogens with zero attached hydrogens (tertiary/aromatic N) is 10. The SMILES string of the molecule is CNc1cc(-c2ccc3cc(C#N)cnn23)ncc1-c1nnc(N2CC3(CCN(C(=O)C4CCN(c5ccc([C@H]6CCC(=O)NC6=O)cn5)CC4)CC3)C2)s1. The molecule has 0 aromatic carbocycles. The summed E-state index contributed by atoms with van der Waals surface area (Å²) in [4.78, 5) is 53.4.